The van der Waals surface area contributed by atoms with Crippen molar-refractivity contribution in [1.82, 2.24) is 4.90 Å². The summed E-state index contributed by atoms with van der Waals surface area (Å²) in [7, 11) is 1.19. The van der Waals surface area contributed by atoms with E-state index in [-0.39, 0.29) is 19.1 Å². The maximum Gasteiger partial charge on any atom is 0.331 e. The molecule has 7 heteroatoms. The van der Waals surface area contributed by atoms with Crippen LogP contribution >= 0.6 is 0 Å². The number of nitrogens with zero attached hydrogens (tertiary/aromatic N) is 1. The van der Waals surface area contributed by atoms with Gasteiger partial charge >= 0.3 is 11.9 Å². The first-order valence-corrected chi connectivity index (χ1v) is 5.44. The highest BCUT2D eigenvalue weighted by molar-refractivity contribution is 5.93. The maximum absolute atomic E-state index is 11.6. The van der Waals surface area contributed by atoms with Gasteiger partial charge < -0.3 is 19.5 Å². The zero-order valence-corrected chi connectivity index (χ0v) is 10.00. The number of esters is 2. The Bertz CT molecular complexity index is 365. The van der Waals surface area contributed by atoms with E-state index in [0.29, 0.717) is 13.0 Å². The Kier molecular flexibility index (Phi) is 5.31. The minimum atomic E-state index is -0.841. The van der Waals surface area contributed by atoms with Gasteiger partial charge in [-0.15, -0.1) is 0 Å². The van der Waals surface area contributed by atoms with E-state index in [4.69, 9.17) is 9.84 Å². The average molecular weight is 257 g/mol. The van der Waals surface area contributed by atoms with Crippen LogP contribution in [0.1, 0.15) is 6.42 Å². The number of hydrogen-bond donors (Lipinski definition) is 1. The number of aliphatic hydroxyl groups is 1. The zero-order chi connectivity index (χ0) is 13.5. The molecule has 1 aliphatic heterocycles. The first-order valence-electron chi connectivity index (χ1n) is 5.44. The molecule has 1 saturated heterocycles. The Labute approximate surface area is 104 Å². The van der Waals surface area contributed by atoms with Crippen LogP contribution in [0.2, 0.25) is 0 Å². The molecule has 1 amide bonds. The maximum atomic E-state index is 11.6. The second-order valence-corrected chi connectivity index (χ2v) is 3.62. The van der Waals surface area contributed by atoms with Gasteiger partial charge in [0.15, 0.2) is 6.10 Å². The quantitative estimate of drug-likeness (QED) is 0.494. The molecule has 100 valence electrons. The summed E-state index contributed by atoms with van der Waals surface area (Å²) in [4.78, 5) is 35.1. The molecule has 0 aliphatic carbocycles. The van der Waals surface area contributed by atoms with E-state index in [1.165, 1.54) is 12.0 Å². The van der Waals surface area contributed by atoms with Crippen molar-refractivity contribution in [3.05, 3.63) is 12.2 Å². The van der Waals surface area contributed by atoms with E-state index >= 15 is 0 Å². The highest BCUT2D eigenvalue weighted by atomic mass is 16.5. The number of likely N-dealkylation sites (tertiary alicyclic amines) is 1. The molecular formula is C11H15NO6. The zero-order valence-electron chi connectivity index (χ0n) is 10.00. The fraction of sp³-hybridized carbons (Fsp3) is 0.545. The van der Waals surface area contributed by atoms with Crippen LogP contribution in [0.5, 0.6) is 0 Å². The van der Waals surface area contributed by atoms with Crippen molar-refractivity contribution >= 4 is 17.8 Å². The van der Waals surface area contributed by atoms with Gasteiger partial charge in [-0.3, -0.25) is 4.79 Å². The lowest BCUT2D eigenvalue weighted by atomic mass is 10.3. The number of β-amino-alcohol motifs (C(OH)–C–C–N with tert-alkyl or cyclic N) is 1. The molecule has 1 N–H and O–H groups in total. The summed E-state index contributed by atoms with van der Waals surface area (Å²) in [5, 5.41) is 8.72. The molecule has 7 nitrogen and oxygen atoms in total. The van der Waals surface area contributed by atoms with Crippen LogP contribution in [0.25, 0.3) is 0 Å². The minimum absolute atomic E-state index is 0.130. The van der Waals surface area contributed by atoms with Crippen molar-refractivity contribution in [3.8, 4) is 0 Å². The predicted octanol–water partition coefficient (Wildman–Crippen LogP) is -1.15. The third-order valence-corrected chi connectivity index (χ3v) is 2.43. The number of amides is 1. The second-order valence-electron chi connectivity index (χ2n) is 3.62. The van der Waals surface area contributed by atoms with Gasteiger partial charge in [-0.05, 0) is 0 Å². The first kappa shape index (κ1) is 14.2. The number of carbonyl (C=O) groups is 3. The molecule has 18 heavy (non-hydrogen) atoms. The van der Waals surface area contributed by atoms with Gasteiger partial charge in [-0.1, -0.05) is 0 Å². The molecule has 0 radical (unpaired) electrons. The average Bonchev–Trinajstić information content (AvgIpc) is 2.69. The standard InChI is InChI=1S/C11H15NO6/c1-17-9(14)2-3-10(15)18-8-4-5-12(6-7-13)11(8)16/h2-3,8,13H,4-7H2,1H3/b3-2+. The lowest BCUT2D eigenvalue weighted by molar-refractivity contribution is -0.152. The van der Waals surface area contributed by atoms with Crippen molar-refractivity contribution in [2.45, 2.75) is 12.5 Å². The van der Waals surface area contributed by atoms with E-state index in [1.807, 2.05) is 0 Å². The van der Waals surface area contributed by atoms with Gasteiger partial charge in [-0.25, -0.2) is 9.59 Å². The molecule has 0 aromatic heterocycles. The van der Waals surface area contributed by atoms with Crippen LogP contribution in [0.3, 0.4) is 0 Å². The molecule has 0 aromatic rings. The van der Waals surface area contributed by atoms with Crippen LogP contribution in [-0.2, 0) is 23.9 Å². The van der Waals surface area contributed by atoms with Gasteiger partial charge in [0.1, 0.15) is 0 Å². The van der Waals surface area contributed by atoms with Crippen molar-refractivity contribution in [2.75, 3.05) is 26.8 Å². The summed E-state index contributed by atoms with van der Waals surface area (Å²) in [6.45, 7) is 0.539. The molecule has 1 aliphatic rings. The number of aliphatic hydroxyl groups excluding tert-OH is 1. The SMILES string of the molecule is COC(=O)/C=C/C(=O)OC1CCN(CCO)C1=O. The summed E-state index contributed by atoms with van der Waals surface area (Å²) in [6, 6.07) is 0. The van der Waals surface area contributed by atoms with E-state index < -0.39 is 18.0 Å². The first-order chi connectivity index (χ1) is 8.58. The number of ether oxygens (including phenoxy) is 2. The van der Waals surface area contributed by atoms with Crippen LogP contribution in [0.4, 0.5) is 0 Å². The largest absolute Gasteiger partial charge is 0.466 e. The Balaban J connectivity index is 2.44. The molecule has 1 rings (SSSR count). The normalized spacial score (nSPS) is 19.3. The molecule has 0 aromatic carbocycles. The Morgan fingerprint density at radius 1 is 1.44 bits per heavy atom. The topological polar surface area (TPSA) is 93.1 Å². The summed E-state index contributed by atoms with van der Waals surface area (Å²) in [6.07, 6.45) is 1.38. The van der Waals surface area contributed by atoms with E-state index in [0.717, 1.165) is 12.2 Å². The minimum Gasteiger partial charge on any atom is -0.466 e. The van der Waals surface area contributed by atoms with Crippen LogP contribution in [0, 0.1) is 0 Å². The number of methoxy groups -OCH3 is 1. The molecule has 0 bridgehead atoms. The van der Waals surface area contributed by atoms with E-state index in [1.54, 1.807) is 0 Å². The lowest BCUT2D eigenvalue weighted by Gasteiger charge is -2.14. The highest BCUT2D eigenvalue weighted by Gasteiger charge is 2.33. The van der Waals surface area contributed by atoms with Crippen molar-refractivity contribution in [2.24, 2.45) is 0 Å². The summed E-state index contributed by atoms with van der Waals surface area (Å²) >= 11 is 0. The molecule has 0 saturated carbocycles. The van der Waals surface area contributed by atoms with E-state index in [2.05, 4.69) is 4.74 Å². The molecule has 1 atom stereocenters. The van der Waals surface area contributed by atoms with Gasteiger partial charge in [-0.2, -0.15) is 0 Å². The third-order valence-electron chi connectivity index (χ3n) is 2.43. The molecule has 1 unspecified atom stereocenters. The third kappa shape index (κ3) is 3.85. The van der Waals surface area contributed by atoms with Gasteiger partial charge in [0.2, 0.25) is 0 Å². The number of hydrogen-bond acceptors (Lipinski definition) is 6. The van der Waals surface area contributed by atoms with Crippen LogP contribution in [0.15, 0.2) is 12.2 Å². The van der Waals surface area contributed by atoms with Crippen molar-refractivity contribution in [1.29, 1.82) is 0 Å². The summed E-state index contributed by atoms with van der Waals surface area (Å²) < 4.78 is 9.19. The molecule has 1 heterocycles. The smallest absolute Gasteiger partial charge is 0.331 e. The summed E-state index contributed by atoms with van der Waals surface area (Å²) in [5.74, 6) is -1.78. The van der Waals surface area contributed by atoms with Crippen LogP contribution < -0.4 is 0 Å². The predicted molar refractivity (Wildman–Crippen MR) is 59.3 cm³/mol. The Morgan fingerprint density at radius 2 is 2.11 bits per heavy atom. The summed E-state index contributed by atoms with van der Waals surface area (Å²) in [5.41, 5.74) is 0. The van der Waals surface area contributed by atoms with Crippen molar-refractivity contribution < 1.29 is 29.0 Å². The number of carbonyl (C=O) groups excluding carboxylic acids is 3. The monoisotopic (exact) mass is 257 g/mol. The van der Waals surface area contributed by atoms with Crippen molar-refractivity contribution in [3.63, 3.8) is 0 Å². The number of rotatable bonds is 5. The molecular weight excluding hydrogens is 242 g/mol. The van der Waals surface area contributed by atoms with Gasteiger partial charge in [0.25, 0.3) is 5.91 Å². The fourth-order valence-corrected chi connectivity index (χ4v) is 1.55. The molecule has 1 fully saturated rings. The lowest BCUT2D eigenvalue weighted by Crippen LogP contribution is -2.33. The Hall–Kier alpha value is -1.89. The van der Waals surface area contributed by atoms with Gasteiger partial charge in [0.05, 0.1) is 13.7 Å². The molecule has 0 spiro atoms. The Morgan fingerprint density at radius 3 is 2.72 bits per heavy atom. The van der Waals surface area contributed by atoms with E-state index in [9.17, 15) is 14.4 Å². The highest BCUT2D eigenvalue weighted by Crippen LogP contribution is 2.14. The van der Waals surface area contributed by atoms with Gasteiger partial charge in [0, 0.05) is 31.7 Å². The second kappa shape index (κ2) is 6.75. The fourth-order valence-electron chi connectivity index (χ4n) is 1.55. The van der Waals surface area contributed by atoms with Crippen LogP contribution in [-0.4, -0.2) is 60.8 Å².